The number of unbranched alkanes of at least 4 members (excludes halogenated alkanes) is 1. The topological polar surface area (TPSA) is 64.7 Å². The van der Waals surface area contributed by atoms with E-state index in [1.807, 2.05) is 20.9 Å². The Hall–Kier alpha value is -0.980. The molecule has 1 heterocycles. The van der Waals surface area contributed by atoms with Gasteiger partial charge in [-0.05, 0) is 58.8 Å². The first-order chi connectivity index (χ1) is 13.4. The minimum Gasteiger partial charge on any atom is -0.356 e. The lowest BCUT2D eigenvalue weighted by molar-refractivity contribution is -0.127. The maximum Gasteiger partial charge on any atom is 0.219 e. The van der Waals surface area contributed by atoms with Crippen molar-refractivity contribution in [3.8, 4) is 0 Å². The molecule has 1 saturated heterocycles. The van der Waals surface area contributed by atoms with Crippen molar-refractivity contribution in [2.45, 2.75) is 65.7 Å². The van der Waals surface area contributed by atoms with Gasteiger partial charge < -0.3 is 20.4 Å². The first-order valence-electron chi connectivity index (χ1n) is 11.3. The van der Waals surface area contributed by atoms with Gasteiger partial charge in [-0.3, -0.25) is 9.59 Å². The van der Waals surface area contributed by atoms with Crippen molar-refractivity contribution in [2.24, 2.45) is 5.41 Å². The zero-order chi connectivity index (χ0) is 20.8. The van der Waals surface area contributed by atoms with Gasteiger partial charge in [-0.15, -0.1) is 0 Å². The lowest BCUT2D eigenvalue weighted by Crippen LogP contribution is -2.47. The molecule has 0 spiro atoms. The molecule has 0 atom stereocenters. The van der Waals surface area contributed by atoms with Crippen molar-refractivity contribution in [2.75, 3.05) is 59.4 Å². The number of hydrogen-bond donors (Lipinski definition) is 2. The van der Waals surface area contributed by atoms with E-state index in [1.54, 1.807) is 0 Å². The van der Waals surface area contributed by atoms with Gasteiger partial charge >= 0.3 is 0 Å². The number of nitrogens with zero attached hydrogens (tertiary/aromatic N) is 2. The minimum absolute atomic E-state index is 0.122. The number of amides is 1. The van der Waals surface area contributed by atoms with E-state index >= 15 is 0 Å². The summed E-state index contributed by atoms with van der Waals surface area (Å²) < 4.78 is 0. The molecule has 0 aliphatic carbocycles. The van der Waals surface area contributed by atoms with E-state index < -0.39 is 0 Å². The van der Waals surface area contributed by atoms with Gasteiger partial charge in [0.1, 0.15) is 5.78 Å². The summed E-state index contributed by atoms with van der Waals surface area (Å²) in [5.41, 5.74) is -0.222. The monoisotopic (exact) mass is 396 g/mol. The first kappa shape index (κ1) is 25.1. The molecule has 1 rings (SSSR count). The Morgan fingerprint density at radius 2 is 1.39 bits per heavy atom. The Labute approximate surface area is 172 Å². The molecule has 6 heteroatoms. The third-order valence-electron chi connectivity index (χ3n) is 6.04. The fourth-order valence-corrected chi connectivity index (χ4v) is 3.44. The Kier molecular flexibility index (Phi) is 12.6. The molecule has 0 bridgehead atoms. The highest BCUT2D eigenvalue weighted by Gasteiger charge is 2.24. The van der Waals surface area contributed by atoms with E-state index in [1.165, 1.54) is 13.0 Å². The van der Waals surface area contributed by atoms with Crippen molar-refractivity contribution in [3.63, 3.8) is 0 Å². The van der Waals surface area contributed by atoms with Crippen LogP contribution in [0.3, 0.4) is 0 Å². The van der Waals surface area contributed by atoms with Crippen molar-refractivity contribution < 1.29 is 9.59 Å². The van der Waals surface area contributed by atoms with Crippen LogP contribution in [0.1, 0.15) is 65.7 Å². The third-order valence-corrected chi connectivity index (χ3v) is 6.04. The third kappa shape index (κ3) is 10.5. The molecule has 164 valence electrons. The molecule has 0 aromatic rings. The molecule has 28 heavy (non-hydrogen) atoms. The van der Waals surface area contributed by atoms with Crippen LogP contribution >= 0.6 is 0 Å². The van der Waals surface area contributed by atoms with E-state index in [-0.39, 0.29) is 11.3 Å². The number of carbonyl (C=O) groups excluding carboxylic acids is 2. The number of ketones is 1. The molecule has 0 saturated carbocycles. The van der Waals surface area contributed by atoms with E-state index in [0.717, 1.165) is 71.5 Å². The van der Waals surface area contributed by atoms with Crippen molar-refractivity contribution in [3.05, 3.63) is 0 Å². The van der Waals surface area contributed by atoms with Crippen molar-refractivity contribution in [1.29, 1.82) is 0 Å². The van der Waals surface area contributed by atoms with Crippen molar-refractivity contribution in [1.82, 2.24) is 20.4 Å². The summed E-state index contributed by atoms with van der Waals surface area (Å²) in [6, 6.07) is 0. The first-order valence-corrected chi connectivity index (χ1v) is 11.3. The summed E-state index contributed by atoms with van der Waals surface area (Å²) in [5.74, 6) is 0.439. The highest BCUT2D eigenvalue weighted by molar-refractivity contribution is 5.84. The zero-order valence-electron chi connectivity index (χ0n) is 18.8. The van der Waals surface area contributed by atoms with Crippen LogP contribution in [-0.4, -0.2) is 80.9 Å². The Balaban J connectivity index is 1.99. The molecule has 2 N–H and O–H groups in total. The molecule has 1 amide bonds. The number of piperazine rings is 1. The van der Waals surface area contributed by atoms with Crippen LogP contribution < -0.4 is 10.6 Å². The molecule has 6 nitrogen and oxygen atoms in total. The molecule has 1 aliphatic heterocycles. The summed E-state index contributed by atoms with van der Waals surface area (Å²) in [6.45, 7) is 14.7. The average molecular weight is 397 g/mol. The number of rotatable bonds is 15. The summed E-state index contributed by atoms with van der Waals surface area (Å²) in [5, 5.41) is 6.23. The SMILES string of the molecule is CCC(C)(C)C(=O)CCCCC(=O)NCCCN1CCN(CCCNC)CC1. The largest absolute Gasteiger partial charge is 0.356 e. The van der Waals surface area contributed by atoms with E-state index in [2.05, 4.69) is 27.4 Å². The highest BCUT2D eigenvalue weighted by atomic mass is 16.1. The van der Waals surface area contributed by atoms with E-state index in [9.17, 15) is 9.59 Å². The molecule has 0 aromatic carbocycles. The second-order valence-electron chi connectivity index (χ2n) is 8.71. The van der Waals surface area contributed by atoms with Gasteiger partial charge in [0.05, 0.1) is 0 Å². The molecule has 0 aromatic heterocycles. The molecule has 1 aliphatic rings. The quantitative estimate of drug-likeness (QED) is 0.416. The van der Waals surface area contributed by atoms with E-state index in [4.69, 9.17) is 0 Å². The minimum atomic E-state index is -0.222. The highest BCUT2D eigenvalue weighted by Crippen LogP contribution is 2.23. The molecular weight excluding hydrogens is 352 g/mol. The predicted octanol–water partition coefficient (Wildman–Crippen LogP) is 2.29. The Morgan fingerprint density at radius 1 is 0.857 bits per heavy atom. The standard InChI is InChI=1S/C22H44N4O2/c1-5-22(2,3)20(27)10-6-7-11-21(28)24-13-9-15-26-18-16-25(17-19-26)14-8-12-23-4/h23H,5-19H2,1-4H3,(H,24,28). The van der Waals surface area contributed by atoms with Crippen LogP contribution in [0, 0.1) is 5.41 Å². The Morgan fingerprint density at radius 3 is 1.93 bits per heavy atom. The lowest BCUT2D eigenvalue weighted by Gasteiger charge is -2.34. The second kappa shape index (κ2) is 14.1. The van der Waals surface area contributed by atoms with Gasteiger partial charge in [-0.1, -0.05) is 20.8 Å². The summed E-state index contributed by atoms with van der Waals surface area (Å²) in [4.78, 5) is 29.1. The van der Waals surface area contributed by atoms with Crippen LogP contribution in [0.15, 0.2) is 0 Å². The summed E-state index contributed by atoms with van der Waals surface area (Å²) in [6.07, 6.45) is 5.83. The predicted molar refractivity (Wildman–Crippen MR) is 117 cm³/mol. The van der Waals surface area contributed by atoms with E-state index in [0.29, 0.717) is 18.6 Å². The van der Waals surface area contributed by atoms with Gasteiger partial charge in [-0.2, -0.15) is 0 Å². The van der Waals surface area contributed by atoms with Gasteiger partial charge in [-0.25, -0.2) is 0 Å². The zero-order valence-corrected chi connectivity index (χ0v) is 18.8. The second-order valence-corrected chi connectivity index (χ2v) is 8.71. The molecule has 0 radical (unpaired) electrons. The lowest BCUT2D eigenvalue weighted by atomic mass is 9.83. The van der Waals surface area contributed by atoms with Gasteiger partial charge in [0.2, 0.25) is 5.91 Å². The number of nitrogens with one attached hydrogen (secondary N) is 2. The molecule has 1 fully saturated rings. The summed E-state index contributed by atoms with van der Waals surface area (Å²) >= 11 is 0. The van der Waals surface area contributed by atoms with Crippen LogP contribution in [0.25, 0.3) is 0 Å². The number of hydrogen-bond acceptors (Lipinski definition) is 5. The smallest absolute Gasteiger partial charge is 0.219 e. The number of Topliss-reactive ketones (excluding diaryl/α,β-unsaturated/α-hetero) is 1. The van der Waals surface area contributed by atoms with Crippen LogP contribution in [0.5, 0.6) is 0 Å². The van der Waals surface area contributed by atoms with Gasteiger partial charge in [0.25, 0.3) is 0 Å². The van der Waals surface area contributed by atoms with Crippen LogP contribution in [-0.2, 0) is 9.59 Å². The van der Waals surface area contributed by atoms with Crippen LogP contribution in [0.2, 0.25) is 0 Å². The van der Waals surface area contributed by atoms with Gasteiger partial charge in [0.15, 0.2) is 0 Å². The normalized spacial score (nSPS) is 16.3. The molecule has 0 unspecified atom stereocenters. The average Bonchev–Trinajstić information content (AvgIpc) is 2.69. The Bertz CT molecular complexity index is 446. The maximum absolute atomic E-state index is 12.1. The van der Waals surface area contributed by atoms with Crippen molar-refractivity contribution >= 4 is 11.7 Å². The maximum atomic E-state index is 12.1. The summed E-state index contributed by atoms with van der Waals surface area (Å²) in [7, 11) is 2.01. The fourth-order valence-electron chi connectivity index (χ4n) is 3.44. The number of carbonyl (C=O) groups is 2. The van der Waals surface area contributed by atoms with Crippen LogP contribution in [0.4, 0.5) is 0 Å². The fraction of sp³-hybridized carbons (Fsp3) is 0.909. The molecular formula is C22H44N4O2. The van der Waals surface area contributed by atoms with Gasteiger partial charge in [0, 0.05) is 51.0 Å².